The van der Waals surface area contributed by atoms with Crippen molar-refractivity contribution in [1.82, 2.24) is 4.90 Å². The summed E-state index contributed by atoms with van der Waals surface area (Å²) in [7, 11) is -4.33. The number of aliphatic hydroxyl groups is 1. The van der Waals surface area contributed by atoms with Crippen LogP contribution in [0.15, 0.2) is 53.4 Å². The Bertz CT molecular complexity index is 1440. The van der Waals surface area contributed by atoms with Gasteiger partial charge >= 0.3 is 6.18 Å². The van der Waals surface area contributed by atoms with E-state index >= 15 is 0 Å². The predicted octanol–water partition coefficient (Wildman–Crippen LogP) is 5.15. The summed E-state index contributed by atoms with van der Waals surface area (Å²) in [6.07, 6.45) is -1.37. The molecule has 0 radical (unpaired) electrons. The molecule has 0 bridgehead atoms. The lowest BCUT2D eigenvalue weighted by atomic mass is 9.85. The van der Waals surface area contributed by atoms with Crippen LogP contribution in [0.4, 0.5) is 24.5 Å². The van der Waals surface area contributed by atoms with Gasteiger partial charge in [0.05, 0.1) is 45.6 Å². The Kier molecular flexibility index (Phi) is 7.72. The molecule has 0 amide bonds. The molecule has 7 nitrogen and oxygen atoms in total. The molecule has 0 saturated carbocycles. The average molecular weight is 594 g/mol. The van der Waals surface area contributed by atoms with Gasteiger partial charge in [-0.15, -0.1) is 0 Å². The van der Waals surface area contributed by atoms with Gasteiger partial charge in [-0.3, -0.25) is 9.21 Å². The van der Waals surface area contributed by atoms with E-state index in [4.69, 9.17) is 4.74 Å². The fourth-order valence-electron chi connectivity index (χ4n) is 6.43. The van der Waals surface area contributed by atoms with Crippen LogP contribution in [-0.4, -0.2) is 75.0 Å². The molecule has 3 heterocycles. The van der Waals surface area contributed by atoms with Crippen LogP contribution in [0.1, 0.15) is 51.7 Å². The van der Waals surface area contributed by atoms with Crippen LogP contribution in [0.25, 0.3) is 5.57 Å². The van der Waals surface area contributed by atoms with Gasteiger partial charge in [-0.1, -0.05) is 12.1 Å². The topological polar surface area (TPSA) is 73.3 Å². The van der Waals surface area contributed by atoms with Crippen LogP contribution in [0.3, 0.4) is 0 Å². The van der Waals surface area contributed by atoms with Crippen molar-refractivity contribution >= 4 is 27.0 Å². The molecule has 41 heavy (non-hydrogen) atoms. The second-order valence-corrected chi connectivity index (χ2v) is 14.2. The number of anilines is 2. The second-order valence-electron chi connectivity index (χ2n) is 12.3. The van der Waals surface area contributed by atoms with Crippen molar-refractivity contribution in [3.63, 3.8) is 0 Å². The second kappa shape index (κ2) is 10.6. The molecule has 224 valence electrons. The number of hydrogen-bond acceptors (Lipinski definition) is 6. The largest absolute Gasteiger partial charge is 0.416 e. The highest BCUT2D eigenvalue weighted by Crippen LogP contribution is 2.44. The van der Waals surface area contributed by atoms with Crippen LogP contribution < -0.4 is 9.21 Å². The Morgan fingerprint density at radius 1 is 1.02 bits per heavy atom. The van der Waals surface area contributed by atoms with Gasteiger partial charge in [-0.25, -0.2) is 8.42 Å². The number of aliphatic hydroxyl groups excluding tert-OH is 1. The minimum absolute atomic E-state index is 0.0705. The van der Waals surface area contributed by atoms with Crippen molar-refractivity contribution in [3.05, 3.63) is 59.7 Å². The van der Waals surface area contributed by atoms with Crippen molar-refractivity contribution < 1.29 is 31.4 Å². The number of alkyl halides is 3. The van der Waals surface area contributed by atoms with Crippen molar-refractivity contribution in [3.8, 4) is 0 Å². The molecule has 1 fully saturated rings. The average Bonchev–Trinajstić information content (AvgIpc) is 2.88. The zero-order chi connectivity index (χ0) is 29.8. The number of hydrogen-bond donors (Lipinski definition) is 1. The fraction of sp³-hybridized carbons (Fsp3) is 0.533. The summed E-state index contributed by atoms with van der Waals surface area (Å²) in [5.74, 6) is 0. The van der Waals surface area contributed by atoms with E-state index in [-0.39, 0.29) is 19.2 Å². The van der Waals surface area contributed by atoms with Crippen molar-refractivity contribution in [2.45, 2.75) is 68.9 Å². The molecule has 1 N–H and O–H groups in total. The summed E-state index contributed by atoms with van der Waals surface area (Å²) >= 11 is 0. The first-order valence-electron chi connectivity index (χ1n) is 14.0. The number of nitrogens with zero attached hydrogens (tertiary/aromatic N) is 3. The lowest BCUT2D eigenvalue weighted by molar-refractivity contribution is -0.137. The summed E-state index contributed by atoms with van der Waals surface area (Å²) in [4.78, 5) is 4.01. The molecule has 1 atom stereocenters. The van der Waals surface area contributed by atoms with Gasteiger partial charge < -0.3 is 14.7 Å². The van der Waals surface area contributed by atoms with Crippen molar-refractivity contribution in [1.29, 1.82) is 0 Å². The normalized spacial score (nSPS) is 22.6. The standard InChI is InChI=1S/C30H38F3N3O4S/c1-28(2)17-22(18-29(3,4)40-28)21-9-10-26-27(15-21)36(20-24-19-34(11-6-14-37)12-13-35(24)26)41(38,39)25-8-5-7-23(16-25)30(31,32)33/h5,7-10,15-17,24,37H,6,11-14,18-20H2,1-4H3/t24-/m1/s1. The van der Waals surface area contributed by atoms with Gasteiger partial charge in [0, 0.05) is 39.2 Å². The Morgan fingerprint density at radius 2 is 1.78 bits per heavy atom. The predicted molar refractivity (Wildman–Crippen MR) is 154 cm³/mol. The van der Waals surface area contributed by atoms with Gasteiger partial charge in [0.1, 0.15) is 0 Å². The lowest BCUT2D eigenvalue weighted by Gasteiger charge is -2.49. The maximum atomic E-state index is 14.1. The zero-order valence-corrected chi connectivity index (χ0v) is 24.7. The van der Waals surface area contributed by atoms with Gasteiger partial charge in [0.15, 0.2) is 0 Å². The molecule has 0 unspecified atom stereocenters. The molecule has 11 heteroatoms. The highest BCUT2D eigenvalue weighted by atomic mass is 32.2. The van der Waals surface area contributed by atoms with Gasteiger partial charge in [-0.05, 0) is 81.7 Å². The molecule has 2 aromatic rings. The molecular formula is C30H38F3N3O4S. The minimum Gasteiger partial charge on any atom is -0.396 e. The van der Waals surface area contributed by atoms with E-state index in [1.54, 1.807) is 0 Å². The molecule has 3 aliphatic rings. The molecule has 0 aromatic heterocycles. The SMILES string of the molecule is CC1(C)C=C(c2ccc3c(c2)N(S(=O)(=O)c2cccc(C(F)(F)F)c2)C[C@H]2CN(CCCO)CCN32)CC(C)(C)O1. The molecule has 2 aromatic carbocycles. The molecule has 0 spiro atoms. The summed E-state index contributed by atoms with van der Waals surface area (Å²) in [5.41, 5.74) is 1.14. The van der Waals surface area contributed by atoms with Crippen LogP contribution in [0.2, 0.25) is 0 Å². The quantitative estimate of drug-likeness (QED) is 0.500. The molecule has 3 aliphatic heterocycles. The highest BCUT2D eigenvalue weighted by molar-refractivity contribution is 7.92. The fourth-order valence-corrected chi connectivity index (χ4v) is 7.98. The summed E-state index contributed by atoms with van der Waals surface area (Å²) in [6, 6.07) is 9.55. The van der Waals surface area contributed by atoms with E-state index in [1.165, 1.54) is 10.4 Å². The van der Waals surface area contributed by atoms with E-state index in [9.17, 15) is 26.7 Å². The number of halogens is 3. The first kappa shape index (κ1) is 29.9. The van der Waals surface area contributed by atoms with Crippen molar-refractivity contribution in [2.24, 2.45) is 0 Å². The van der Waals surface area contributed by atoms with Crippen LogP contribution >= 0.6 is 0 Å². The van der Waals surface area contributed by atoms with Gasteiger partial charge in [-0.2, -0.15) is 13.2 Å². The maximum Gasteiger partial charge on any atom is 0.416 e. The Labute approximate surface area is 240 Å². The number of ether oxygens (including phenoxy) is 1. The van der Waals surface area contributed by atoms with Crippen LogP contribution in [0.5, 0.6) is 0 Å². The smallest absolute Gasteiger partial charge is 0.396 e. The minimum atomic E-state index is -4.67. The van der Waals surface area contributed by atoms with Gasteiger partial charge in [0.2, 0.25) is 0 Å². The molecule has 5 rings (SSSR count). The lowest BCUT2D eigenvalue weighted by Crippen LogP contribution is -2.60. The van der Waals surface area contributed by atoms with E-state index in [2.05, 4.69) is 15.9 Å². The zero-order valence-electron chi connectivity index (χ0n) is 23.9. The monoisotopic (exact) mass is 593 g/mol. The van der Waals surface area contributed by atoms with E-state index in [0.717, 1.165) is 35.5 Å². The number of rotatable bonds is 6. The summed E-state index contributed by atoms with van der Waals surface area (Å²) < 4.78 is 76.3. The van der Waals surface area contributed by atoms with Gasteiger partial charge in [0.25, 0.3) is 10.0 Å². The Morgan fingerprint density at radius 3 is 2.46 bits per heavy atom. The summed E-state index contributed by atoms with van der Waals surface area (Å²) in [5, 5.41) is 9.30. The Balaban J connectivity index is 1.60. The molecule has 1 saturated heterocycles. The number of benzene rings is 2. The number of fused-ring (bicyclic) bond motifs is 3. The third-order valence-corrected chi connectivity index (χ3v) is 9.70. The summed E-state index contributed by atoms with van der Waals surface area (Å²) in [6.45, 7) is 10.9. The molecular weight excluding hydrogens is 555 g/mol. The molecule has 0 aliphatic carbocycles. The van der Waals surface area contributed by atoms with Crippen LogP contribution in [0, 0.1) is 0 Å². The van der Waals surface area contributed by atoms with E-state index in [0.29, 0.717) is 44.2 Å². The first-order chi connectivity index (χ1) is 19.1. The third kappa shape index (κ3) is 6.14. The third-order valence-electron chi connectivity index (χ3n) is 7.93. The van der Waals surface area contributed by atoms with E-state index < -0.39 is 37.9 Å². The number of sulfonamides is 1. The number of piperazine rings is 1. The van der Waals surface area contributed by atoms with Crippen LogP contribution in [-0.2, 0) is 20.9 Å². The highest BCUT2D eigenvalue weighted by Gasteiger charge is 2.41. The Hall–Kier alpha value is -2.60. The van der Waals surface area contributed by atoms with Crippen molar-refractivity contribution in [2.75, 3.05) is 48.5 Å². The first-order valence-corrected chi connectivity index (χ1v) is 15.4. The maximum absolute atomic E-state index is 14.1. The van der Waals surface area contributed by atoms with E-state index in [1.807, 2.05) is 45.9 Å².